The maximum Gasteiger partial charge on any atom is 0.160 e. The van der Waals surface area contributed by atoms with Crippen molar-refractivity contribution in [3.05, 3.63) is 157 Å². The fourth-order valence-electron chi connectivity index (χ4n) is 11.9. The van der Waals surface area contributed by atoms with Gasteiger partial charge in [0.1, 0.15) is 0 Å². The monoisotopic (exact) mass is 752 g/mol. The predicted octanol–water partition coefficient (Wildman–Crippen LogP) is 14.9. The molecule has 0 radical (unpaired) electrons. The second kappa shape index (κ2) is 12.7. The maximum absolute atomic E-state index is 5.42. The minimum Gasteiger partial charge on any atom is -0.227 e. The average molecular weight is 753 g/mol. The van der Waals surface area contributed by atoms with Crippen LogP contribution in [0.4, 0.5) is 0 Å². The lowest BCUT2D eigenvalue weighted by molar-refractivity contribution is 0.0368. The highest BCUT2D eigenvalue weighted by Crippen LogP contribution is 2.65. The predicted molar refractivity (Wildman–Crippen MR) is 241 cm³/mol. The van der Waals surface area contributed by atoms with Crippen LogP contribution in [0, 0.1) is 23.7 Å². The first-order valence-electron chi connectivity index (χ1n) is 21.0. The molecule has 0 aliphatic heterocycles. The molecule has 12 rings (SSSR count). The third kappa shape index (κ3) is 4.94. The molecule has 9 aromatic rings. The molecule has 2 fully saturated rings. The lowest BCUT2D eigenvalue weighted by atomic mass is 9.49. The van der Waals surface area contributed by atoms with E-state index in [1.165, 1.54) is 85.5 Å². The van der Waals surface area contributed by atoms with Crippen LogP contribution in [0.3, 0.4) is 0 Å². The minimum atomic E-state index is -0.0130. The van der Waals surface area contributed by atoms with Crippen LogP contribution in [0.2, 0.25) is 0 Å². The van der Waals surface area contributed by atoms with E-state index < -0.39 is 0 Å². The molecule has 2 bridgehead atoms. The highest BCUT2D eigenvalue weighted by Gasteiger charge is 2.56. The zero-order valence-corrected chi connectivity index (χ0v) is 33.3. The molecule has 2 nitrogen and oxygen atoms in total. The quantitative estimate of drug-likeness (QED) is 0.167. The Bertz CT molecular complexity index is 3070. The van der Waals surface area contributed by atoms with Crippen molar-refractivity contribution < 1.29 is 0 Å². The lowest BCUT2D eigenvalue weighted by Crippen LogP contribution is -2.49. The van der Waals surface area contributed by atoms with E-state index in [1.807, 2.05) is 11.3 Å². The molecule has 2 heterocycles. The van der Waals surface area contributed by atoms with Crippen LogP contribution in [0.25, 0.3) is 86.7 Å². The van der Waals surface area contributed by atoms with Crippen molar-refractivity contribution in [2.24, 2.45) is 23.7 Å². The number of rotatable bonds is 4. The van der Waals surface area contributed by atoms with E-state index in [9.17, 15) is 0 Å². The molecule has 0 N–H and O–H groups in total. The Morgan fingerprint density at radius 3 is 2.21 bits per heavy atom. The first-order chi connectivity index (χ1) is 28.1. The van der Waals surface area contributed by atoms with Gasteiger partial charge >= 0.3 is 0 Å². The van der Waals surface area contributed by atoms with Gasteiger partial charge in [-0.3, -0.25) is 0 Å². The number of benzene rings is 7. The van der Waals surface area contributed by atoms with Gasteiger partial charge in [-0.1, -0.05) is 136 Å². The van der Waals surface area contributed by atoms with Crippen LogP contribution >= 0.6 is 11.3 Å². The zero-order valence-electron chi connectivity index (χ0n) is 32.5. The van der Waals surface area contributed by atoms with Crippen LogP contribution in [0.15, 0.2) is 146 Å². The molecule has 3 heteroatoms. The van der Waals surface area contributed by atoms with Gasteiger partial charge in [0.05, 0.1) is 11.2 Å². The number of thiophene rings is 1. The SMILES string of the molecule is CCC1CC2CC(C)C3(c4ccc(-c5nc(-c6ccccc6)c6ccc7ccccc7c6n5)cc4-c4ccc(-c5ccc6c(c5)sc5ccccc56)cc43)C(C1)C2. The van der Waals surface area contributed by atoms with Gasteiger partial charge in [0.15, 0.2) is 5.82 Å². The van der Waals surface area contributed by atoms with E-state index in [-0.39, 0.29) is 5.41 Å². The van der Waals surface area contributed by atoms with E-state index in [4.69, 9.17) is 9.97 Å². The highest BCUT2D eigenvalue weighted by atomic mass is 32.1. The van der Waals surface area contributed by atoms with Crippen LogP contribution in [-0.2, 0) is 5.41 Å². The van der Waals surface area contributed by atoms with Gasteiger partial charge in [0.25, 0.3) is 0 Å². The molecule has 7 aromatic carbocycles. The maximum atomic E-state index is 5.42. The molecule has 5 atom stereocenters. The molecular formula is C54H44N2S. The third-order valence-corrected chi connectivity index (χ3v) is 15.6. The van der Waals surface area contributed by atoms with Gasteiger partial charge in [-0.05, 0) is 118 Å². The molecule has 5 unspecified atom stereocenters. The number of fused-ring (bicyclic) bond motifs is 14. The second-order valence-corrected chi connectivity index (χ2v) is 18.4. The molecule has 0 amide bonds. The van der Waals surface area contributed by atoms with E-state index in [0.717, 1.165) is 50.8 Å². The third-order valence-electron chi connectivity index (χ3n) is 14.4. The summed E-state index contributed by atoms with van der Waals surface area (Å²) < 4.78 is 2.72. The van der Waals surface area contributed by atoms with Crippen molar-refractivity contribution in [3.63, 3.8) is 0 Å². The summed E-state index contributed by atoms with van der Waals surface area (Å²) >= 11 is 1.91. The molecular weight excluding hydrogens is 709 g/mol. The van der Waals surface area contributed by atoms with Crippen LogP contribution in [0.5, 0.6) is 0 Å². The largest absolute Gasteiger partial charge is 0.227 e. The summed E-state index contributed by atoms with van der Waals surface area (Å²) in [4.78, 5) is 10.8. The first-order valence-corrected chi connectivity index (χ1v) is 21.8. The van der Waals surface area contributed by atoms with Crippen LogP contribution in [-0.4, -0.2) is 9.97 Å². The molecule has 3 aliphatic rings. The summed E-state index contributed by atoms with van der Waals surface area (Å²) in [5.74, 6) is 3.61. The second-order valence-electron chi connectivity index (χ2n) is 17.3. The Balaban J connectivity index is 1.07. The molecule has 1 spiro atoms. The Labute approximate surface area is 338 Å². The summed E-state index contributed by atoms with van der Waals surface area (Å²) in [7, 11) is 0. The zero-order chi connectivity index (χ0) is 37.8. The number of hydrogen-bond acceptors (Lipinski definition) is 3. The summed E-state index contributed by atoms with van der Waals surface area (Å²) in [6.45, 7) is 5.00. The molecule has 276 valence electrons. The van der Waals surface area contributed by atoms with Crippen molar-refractivity contribution in [2.75, 3.05) is 0 Å². The van der Waals surface area contributed by atoms with E-state index >= 15 is 0 Å². The van der Waals surface area contributed by atoms with Gasteiger partial charge in [-0.25, -0.2) is 9.97 Å². The molecule has 2 saturated carbocycles. The Hall–Kier alpha value is -5.64. The van der Waals surface area contributed by atoms with Gasteiger partial charge in [-0.2, -0.15) is 0 Å². The van der Waals surface area contributed by atoms with Gasteiger partial charge < -0.3 is 0 Å². The summed E-state index contributed by atoms with van der Waals surface area (Å²) in [6, 6.07) is 54.4. The van der Waals surface area contributed by atoms with Crippen LogP contribution in [0.1, 0.15) is 57.1 Å². The molecule has 2 aromatic heterocycles. The first kappa shape index (κ1) is 33.5. The van der Waals surface area contributed by atoms with Gasteiger partial charge in [0, 0.05) is 47.5 Å². The standard InChI is InChI=1S/C54H44N2S/c1-3-33-26-34-25-32(2)54(40(27-33)28-34)47-24-20-39(53-55-51(36-12-5-4-6-13-36)45-23-17-35-11-7-8-14-41(35)52(45)56-53)29-46(47)42-21-18-37(30-48(42)54)38-19-22-44-43-15-9-10-16-49(43)57-50(44)31-38/h4-24,29-34,40H,3,25-28H2,1-2H3. The molecule has 57 heavy (non-hydrogen) atoms. The normalized spacial score (nSPS) is 22.4. The van der Waals surface area contributed by atoms with Crippen molar-refractivity contribution in [2.45, 2.75) is 51.4 Å². The van der Waals surface area contributed by atoms with E-state index in [0.29, 0.717) is 11.8 Å². The number of aromatic nitrogens is 2. The van der Waals surface area contributed by atoms with Gasteiger partial charge in [-0.15, -0.1) is 11.3 Å². The Morgan fingerprint density at radius 2 is 1.32 bits per heavy atom. The fraction of sp³-hybridized carbons (Fsp3) is 0.222. The summed E-state index contributed by atoms with van der Waals surface area (Å²) in [6.07, 6.45) is 6.63. The molecule has 0 saturated heterocycles. The van der Waals surface area contributed by atoms with Crippen LogP contribution < -0.4 is 0 Å². The smallest absolute Gasteiger partial charge is 0.160 e. The van der Waals surface area contributed by atoms with Crippen molar-refractivity contribution in [1.82, 2.24) is 9.97 Å². The molecule has 3 aliphatic carbocycles. The Kier molecular flexibility index (Phi) is 7.45. The number of nitrogens with zero attached hydrogens (tertiary/aromatic N) is 2. The number of hydrogen-bond donors (Lipinski definition) is 0. The highest BCUT2D eigenvalue weighted by molar-refractivity contribution is 7.25. The van der Waals surface area contributed by atoms with Gasteiger partial charge in [0.2, 0.25) is 0 Å². The van der Waals surface area contributed by atoms with Crippen molar-refractivity contribution in [3.8, 4) is 44.9 Å². The Morgan fingerprint density at radius 1 is 0.561 bits per heavy atom. The van der Waals surface area contributed by atoms with Crippen molar-refractivity contribution in [1.29, 1.82) is 0 Å². The van der Waals surface area contributed by atoms with Crippen molar-refractivity contribution >= 4 is 53.2 Å². The summed E-state index contributed by atoms with van der Waals surface area (Å²) in [5.41, 5.74) is 12.7. The summed E-state index contributed by atoms with van der Waals surface area (Å²) in [5, 5.41) is 6.16. The lowest BCUT2D eigenvalue weighted by Gasteiger charge is -2.54. The minimum absolute atomic E-state index is 0.0130. The van der Waals surface area contributed by atoms with E-state index in [2.05, 4.69) is 159 Å². The topological polar surface area (TPSA) is 25.8 Å². The fourth-order valence-corrected chi connectivity index (χ4v) is 13.1. The average Bonchev–Trinajstić information content (AvgIpc) is 3.78. The van der Waals surface area contributed by atoms with E-state index in [1.54, 1.807) is 5.56 Å².